The highest BCUT2D eigenvalue weighted by molar-refractivity contribution is 8.18. The van der Waals surface area contributed by atoms with Gasteiger partial charge in [-0.15, -0.1) is 10.2 Å². The summed E-state index contributed by atoms with van der Waals surface area (Å²) in [7, 11) is 4.87. The molecule has 0 bridgehead atoms. The summed E-state index contributed by atoms with van der Waals surface area (Å²) in [5.41, 5.74) is 0.763. The van der Waals surface area contributed by atoms with Gasteiger partial charge in [0.25, 0.3) is 5.91 Å². The molecular formula is C16H16N4O3S2. The molecule has 0 atom stereocenters. The second kappa shape index (κ2) is 7.24. The minimum absolute atomic E-state index is 0.130. The van der Waals surface area contributed by atoms with Crippen LogP contribution in [0.3, 0.4) is 0 Å². The minimum Gasteiger partial charge on any atom is -0.497 e. The molecule has 9 heteroatoms. The molecule has 0 spiro atoms. The van der Waals surface area contributed by atoms with Crippen molar-refractivity contribution in [2.24, 2.45) is 4.99 Å². The molecule has 3 rings (SSSR count). The zero-order valence-corrected chi connectivity index (χ0v) is 15.8. The van der Waals surface area contributed by atoms with Crippen molar-refractivity contribution in [3.8, 4) is 11.5 Å². The first-order valence-corrected chi connectivity index (χ1v) is 8.93. The first-order chi connectivity index (χ1) is 12.0. The summed E-state index contributed by atoms with van der Waals surface area (Å²) in [6, 6.07) is 5.43. The summed E-state index contributed by atoms with van der Waals surface area (Å²) in [5, 5.41) is 9.83. The van der Waals surface area contributed by atoms with Crippen LogP contribution < -0.4 is 9.47 Å². The largest absolute Gasteiger partial charge is 0.497 e. The van der Waals surface area contributed by atoms with Crippen molar-refractivity contribution in [2.75, 3.05) is 21.3 Å². The lowest BCUT2D eigenvalue weighted by Crippen LogP contribution is -2.23. The highest BCUT2D eigenvalue weighted by atomic mass is 32.2. The van der Waals surface area contributed by atoms with Gasteiger partial charge in [0.15, 0.2) is 5.17 Å². The van der Waals surface area contributed by atoms with Crippen molar-refractivity contribution in [3.63, 3.8) is 0 Å². The van der Waals surface area contributed by atoms with E-state index in [0.717, 1.165) is 10.6 Å². The summed E-state index contributed by atoms with van der Waals surface area (Å²) in [5.74, 6) is 1.22. The van der Waals surface area contributed by atoms with Crippen molar-refractivity contribution >= 4 is 45.4 Å². The van der Waals surface area contributed by atoms with Crippen molar-refractivity contribution in [2.45, 2.75) is 6.92 Å². The fourth-order valence-corrected chi connectivity index (χ4v) is 3.73. The maximum Gasteiger partial charge on any atom is 0.266 e. The van der Waals surface area contributed by atoms with Crippen molar-refractivity contribution in [1.29, 1.82) is 0 Å². The number of methoxy groups -OCH3 is 2. The third-order valence-corrected chi connectivity index (χ3v) is 5.23. The Labute approximate surface area is 153 Å². The lowest BCUT2D eigenvalue weighted by Gasteiger charge is -2.08. The van der Waals surface area contributed by atoms with Gasteiger partial charge in [0.2, 0.25) is 5.13 Å². The van der Waals surface area contributed by atoms with Gasteiger partial charge in [-0.3, -0.25) is 9.69 Å². The summed E-state index contributed by atoms with van der Waals surface area (Å²) in [4.78, 5) is 19.0. The molecule has 1 amide bonds. The minimum atomic E-state index is -0.130. The van der Waals surface area contributed by atoms with Gasteiger partial charge in [-0.05, 0) is 43.0 Å². The summed E-state index contributed by atoms with van der Waals surface area (Å²) in [6.45, 7) is 1.86. The molecule has 1 fully saturated rings. The molecule has 7 nitrogen and oxygen atoms in total. The van der Waals surface area contributed by atoms with Crippen LogP contribution in [0, 0.1) is 6.92 Å². The molecule has 1 aromatic heterocycles. The van der Waals surface area contributed by atoms with Crippen LogP contribution in [-0.4, -0.2) is 47.4 Å². The van der Waals surface area contributed by atoms with Gasteiger partial charge in [0.1, 0.15) is 16.5 Å². The van der Waals surface area contributed by atoms with E-state index in [-0.39, 0.29) is 5.91 Å². The topological polar surface area (TPSA) is 76.9 Å². The average Bonchev–Trinajstić information content (AvgIpc) is 3.13. The Morgan fingerprint density at radius 1 is 1.24 bits per heavy atom. The van der Waals surface area contributed by atoms with E-state index in [4.69, 9.17) is 9.47 Å². The van der Waals surface area contributed by atoms with E-state index in [1.165, 1.54) is 28.0 Å². The third kappa shape index (κ3) is 3.67. The van der Waals surface area contributed by atoms with Crippen LogP contribution in [0.25, 0.3) is 6.08 Å². The molecule has 1 aliphatic rings. The Bertz CT molecular complexity index is 876. The molecule has 130 valence electrons. The van der Waals surface area contributed by atoms with Crippen molar-refractivity contribution in [1.82, 2.24) is 15.1 Å². The molecule has 25 heavy (non-hydrogen) atoms. The van der Waals surface area contributed by atoms with Gasteiger partial charge in [-0.2, -0.15) is 4.99 Å². The predicted molar refractivity (Wildman–Crippen MR) is 99.6 cm³/mol. The maximum atomic E-state index is 12.5. The van der Waals surface area contributed by atoms with E-state index < -0.39 is 0 Å². The molecule has 2 heterocycles. The van der Waals surface area contributed by atoms with Crippen LogP contribution in [0.1, 0.15) is 10.6 Å². The van der Waals surface area contributed by atoms with E-state index in [2.05, 4.69) is 15.2 Å². The van der Waals surface area contributed by atoms with Gasteiger partial charge in [0.05, 0.1) is 19.1 Å². The van der Waals surface area contributed by atoms with Gasteiger partial charge in [-0.1, -0.05) is 11.3 Å². The van der Waals surface area contributed by atoms with Crippen LogP contribution in [0.5, 0.6) is 11.5 Å². The molecule has 2 aromatic rings. The highest BCUT2D eigenvalue weighted by Crippen LogP contribution is 2.35. The lowest BCUT2D eigenvalue weighted by molar-refractivity contribution is -0.121. The summed E-state index contributed by atoms with van der Waals surface area (Å²) in [6.07, 6.45) is 1.78. The van der Waals surface area contributed by atoms with Crippen LogP contribution in [0.2, 0.25) is 0 Å². The zero-order chi connectivity index (χ0) is 18.0. The number of nitrogens with zero attached hydrogens (tertiary/aromatic N) is 4. The Morgan fingerprint density at radius 2 is 2.04 bits per heavy atom. The lowest BCUT2D eigenvalue weighted by atomic mass is 10.1. The standard InChI is InChI=1S/C16H16N4O3S2/c1-9-18-19-15(24-9)17-16-20(2)14(21)13(25-16)8-10-7-11(22-3)5-6-12(10)23-4/h5-8H,1-4H3/b13-8-,17-16+. The fourth-order valence-electron chi connectivity index (χ4n) is 2.16. The number of benzene rings is 1. The van der Waals surface area contributed by atoms with Crippen molar-refractivity contribution in [3.05, 3.63) is 33.7 Å². The number of aryl methyl sites for hydroxylation is 1. The van der Waals surface area contributed by atoms with E-state index in [9.17, 15) is 4.79 Å². The van der Waals surface area contributed by atoms with Crippen molar-refractivity contribution < 1.29 is 14.3 Å². The molecular weight excluding hydrogens is 360 g/mol. The number of hydrogen-bond donors (Lipinski definition) is 0. The molecule has 1 aliphatic heterocycles. The average molecular weight is 376 g/mol. The molecule has 0 aliphatic carbocycles. The smallest absolute Gasteiger partial charge is 0.266 e. The number of carbonyl (C=O) groups excluding carboxylic acids is 1. The number of hydrogen-bond acceptors (Lipinski definition) is 8. The molecule has 0 unspecified atom stereocenters. The van der Waals surface area contributed by atoms with Gasteiger partial charge in [0, 0.05) is 12.6 Å². The first-order valence-electron chi connectivity index (χ1n) is 7.30. The Morgan fingerprint density at radius 3 is 2.68 bits per heavy atom. The summed E-state index contributed by atoms with van der Waals surface area (Å²) < 4.78 is 10.6. The van der Waals surface area contributed by atoms with Gasteiger partial charge >= 0.3 is 0 Å². The molecule has 0 radical (unpaired) electrons. The van der Waals surface area contributed by atoms with Crippen LogP contribution >= 0.6 is 23.1 Å². The monoisotopic (exact) mass is 376 g/mol. The first kappa shape index (κ1) is 17.4. The molecule has 1 aromatic carbocycles. The number of aromatic nitrogens is 2. The number of carbonyl (C=O) groups is 1. The predicted octanol–water partition coefficient (Wildman–Crippen LogP) is 3.10. The number of likely N-dealkylation sites (N-methyl/N-ethyl adjacent to an activating group) is 1. The van der Waals surface area contributed by atoms with Crippen LogP contribution in [0.15, 0.2) is 28.1 Å². The number of rotatable bonds is 4. The quantitative estimate of drug-likeness (QED) is 0.763. The second-order valence-corrected chi connectivity index (χ2v) is 7.25. The number of aliphatic imine (C=N–C) groups is 1. The highest BCUT2D eigenvalue weighted by Gasteiger charge is 2.31. The normalized spacial score (nSPS) is 17.6. The molecule has 0 N–H and O–H groups in total. The SMILES string of the molecule is COc1ccc(OC)c(/C=C2\S/C(=N/c3nnc(C)s3)N(C)C2=O)c1. The number of amidine groups is 1. The van der Waals surface area contributed by atoms with Gasteiger partial charge in [-0.25, -0.2) is 0 Å². The maximum absolute atomic E-state index is 12.5. The van der Waals surface area contributed by atoms with Crippen LogP contribution in [-0.2, 0) is 4.79 Å². The van der Waals surface area contributed by atoms with E-state index >= 15 is 0 Å². The number of thioether (sulfide) groups is 1. The number of ether oxygens (including phenoxy) is 2. The van der Waals surface area contributed by atoms with Gasteiger partial charge < -0.3 is 9.47 Å². The second-order valence-electron chi connectivity index (χ2n) is 5.08. The Kier molecular flexibility index (Phi) is 5.05. The fraction of sp³-hybridized carbons (Fsp3) is 0.250. The third-order valence-electron chi connectivity index (χ3n) is 3.43. The summed E-state index contributed by atoms with van der Waals surface area (Å²) >= 11 is 2.67. The number of amides is 1. The van der Waals surface area contributed by atoms with E-state index in [1.807, 2.05) is 13.0 Å². The molecule has 0 saturated carbocycles. The van der Waals surface area contributed by atoms with E-state index in [1.54, 1.807) is 39.5 Å². The molecule has 1 saturated heterocycles. The van der Waals surface area contributed by atoms with E-state index in [0.29, 0.717) is 26.7 Å². The Balaban J connectivity index is 1.94. The van der Waals surface area contributed by atoms with Crippen LogP contribution in [0.4, 0.5) is 5.13 Å². The Hall–Kier alpha value is -2.39. The zero-order valence-electron chi connectivity index (χ0n) is 14.1.